The summed E-state index contributed by atoms with van der Waals surface area (Å²) in [4.78, 5) is 7.09. The monoisotopic (exact) mass is 409 g/mol. The molecule has 0 atom stereocenters. The second kappa shape index (κ2) is 7.89. The maximum Gasteiger partial charge on any atom is 0.131 e. The first-order valence-electron chi connectivity index (χ1n) is 8.71. The lowest BCUT2D eigenvalue weighted by atomic mass is 10.1. The summed E-state index contributed by atoms with van der Waals surface area (Å²) in [6.07, 6.45) is 0. The first kappa shape index (κ1) is 17.1. The van der Waals surface area contributed by atoms with Crippen molar-refractivity contribution in [2.45, 2.75) is 0 Å². The topological polar surface area (TPSA) is 37.4 Å². The lowest BCUT2D eigenvalue weighted by Gasteiger charge is -2.28. The van der Waals surface area contributed by atoms with Gasteiger partial charge in [-0.15, -0.1) is 0 Å². The number of ether oxygens (including phenoxy) is 1. The predicted octanol–water partition coefficient (Wildman–Crippen LogP) is 5.09. The van der Waals surface area contributed by atoms with Crippen LogP contribution in [0.5, 0.6) is 0 Å². The molecular formula is C21H20BrN3O. The van der Waals surface area contributed by atoms with Gasteiger partial charge in [0.25, 0.3) is 0 Å². The summed E-state index contributed by atoms with van der Waals surface area (Å²) < 4.78 is 6.46. The molecule has 1 aliphatic heterocycles. The van der Waals surface area contributed by atoms with Gasteiger partial charge in [0, 0.05) is 34.5 Å². The average Bonchev–Trinajstić information content (AvgIpc) is 2.70. The quantitative estimate of drug-likeness (QED) is 0.650. The summed E-state index contributed by atoms with van der Waals surface area (Å²) >= 11 is 3.60. The van der Waals surface area contributed by atoms with Gasteiger partial charge in [-0.2, -0.15) is 0 Å². The number of morpholine rings is 1. The molecule has 0 bridgehead atoms. The summed E-state index contributed by atoms with van der Waals surface area (Å²) in [7, 11) is 0. The van der Waals surface area contributed by atoms with E-state index in [1.54, 1.807) is 0 Å². The molecule has 1 saturated heterocycles. The number of pyridine rings is 1. The second-order valence-corrected chi connectivity index (χ2v) is 7.01. The van der Waals surface area contributed by atoms with Crippen LogP contribution in [-0.2, 0) is 4.74 Å². The van der Waals surface area contributed by atoms with Crippen molar-refractivity contribution < 1.29 is 4.74 Å². The van der Waals surface area contributed by atoms with Crippen molar-refractivity contribution in [2.24, 2.45) is 0 Å². The van der Waals surface area contributed by atoms with Gasteiger partial charge < -0.3 is 15.0 Å². The van der Waals surface area contributed by atoms with E-state index >= 15 is 0 Å². The third-order valence-electron chi connectivity index (χ3n) is 4.41. The van der Waals surface area contributed by atoms with E-state index in [2.05, 4.69) is 56.5 Å². The average molecular weight is 410 g/mol. The number of hydrogen-bond donors (Lipinski definition) is 1. The van der Waals surface area contributed by atoms with E-state index in [4.69, 9.17) is 9.72 Å². The molecule has 2 aromatic carbocycles. The molecule has 132 valence electrons. The lowest BCUT2D eigenvalue weighted by molar-refractivity contribution is 0.122. The van der Waals surface area contributed by atoms with Gasteiger partial charge in [-0.3, -0.25) is 0 Å². The number of aromatic nitrogens is 1. The van der Waals surface area contributed by atoms with Crippen molar-refractivity contribution in [3.63, 3.8) is 0 Å². The van der Waals surface area contributed by atoms with Gasteiger partial charge in [0.05, 0.1) is 18.9 Å². The number of halogens is 1. The fourth-order valence-electron chi connectivity index (χ4n) is 3.05. The van der Waals surface area contributed by atoms with Gasteiger partial charge in [-0.1, -0.05) is 40.2 Å². The molecule has 3 aromatic rings. The molecule has 1 aliphatic rings. The Morgan fingerprint density at radius 1 is 0.885 bits per heavy atom. The van der Waals surface area contributed by atoms with Crippen LogP contribution in [0.1, 0.15) is 0 Å². The predicted molar refractivity (Wildman–Crippen MR) is 110 cm³/mol. The Bertz CT molecular complexity index is 876. The molecule has 0 amide bonds. The highest BCUT2D eigenvalue weighted by molar-refractivity contribution is 9.10. The molecule has 26 heavy (non-hydrogen) atoms. The van der Waals surface area contributed by atoms with E-state index in [1.807, 2.05) is 36.4 Å². The second-order valence-electron chi connectivity index (χ2n) is 6.16. The summed E-state index contributed by atoms with van der Waals surface area (Å²) in [6, 6.07) is 22.6. The molecule has 0 aliphatic carbocycles. The Kier molecular flexibility index (Phi) is 5.18. The van der Waals surface area contributed by atoms with Crippen molar-refractivity contribution in [2.75, 3.05) is 36.5 Å². The van der Waals surface area contributed by atoms with Crippen LogP contribution in [0.15, 0.2) is 71.2 Å². The zero-order valence-electron chi connectivity index (χ0n) is 14.4. The number of hydrogen-bond acceptors (Lipinski definition) is 4. The molecule has 0 unspecified atom stereocenters. The van der Waals surface area contributed by atoms with Crippen LogP contribution in [0.2, 0.25) is 0 Å². The van der Waals surface area contributed by atoms with Crippen molar-refractivity contribution in [1.82, 2.24) is 4.98 Å². The highest BCUT2D eigenvalue weighted by Crippen LogP contribution is 2.28. The number of benzene rings is 2. The Balaban J connectivity index is 1.50. The standard InChI is InChI=1S/C21H20BrN3O/c22-19-5-2-1-4-18(19)20-6-3-7-21(24-20)23-16-8-10-17(11-9-16)25-12-14-26-15-13-25/h1-11H,12-15H2,(H,23,24). The van der Waals surface area contributed by atoms with Crippen molar-refractivity contribution in [3.05, 3.63) is 71.2 Å². The molecule has 0 radical (unpaired) electrons. The molecule has 4 nitrogen and oxygen atoms in total. The fraction of sp³-hybridized carbons (Fsp3) is 0.190. The van der Waals surface area contributed by atoms with Crippen molar-refractivity contribution in [3.8, 4) is 11.3 Å². The molecular weight excluding hydrogens is 390 g/mol. The third kappa shape index (κ3) is 3.89. The van der Waals surface area contributed by atoms with Crippen LogP contribution in [-0.4, -0.2) is 31.3 Å². The highest BCUT2D eigenvalue weighted by atomic mass is 79.9. The summed E-state index contributed by atoms with van der Waals surface area (Å²) in [6.45, 7) is 3.49. The van der Waals surface area contributed by atoms with E-state index in [1.165, 1.54) is 5.69 Å². The Morgan fingerprint density at radius 2 is 1.65 bits per heavy atom. The molecule has 0 spiro atoms. The van der Waals surface area contributed by atoms with Crippen LogP contribution in [0, 0.1) is 0 Å². The Morgan fingerprint density at radius 3 is 2.42 bits per heavy atom. The molecule has 4 rings (SSSR count). The molecule has 2 heterocycles. The first-order valence-corrected chi connectivity index (χ1v) is 9.51. The zero-order chi connectivity index (χ0) is 17.8. The van der Waals surface area contributed by atoms with Gasteiger partial charge in [-0.05, 0) is 42.5 Å². The van der Waals surface area contributed by atoms with Crippen molar-refractivity contribution in [1.29, 1.82) is 0 Å². The Hall–Kier alpha value is -2.37. The number of nitrogens with zero attached hydrogens (tertiary/aromatic N) is 2. The number of anilines is 3. The van der Waals surface area contributed by atoms with Crippen LogP contribution in [0.4, 0.5) is 17.2 Å². The fourth-order valence-corrected chi connectivity index (χ4v) is 3.54. The summed E-state index contributed by atoms with van der Waals surface area (Å²) in [5.41, 5.74) is 4.28. The first-order chi connectivity index (χ1) is 12.8. The largest absolute Gasteiger partial charge is 0.378 e. The van der Waals surface area contributed by atoms with E-state index in [9.17, 15) is 0 Å². The van der Waals surface area contributed by atoms with E-state index in [0.29, 0.717) is 0 Å². The van der Waals surface area contributed by atoms with Gasteiger partial charge in [-0.25, -0.2) is 4.98 Å². The number of rotatable bonds is 4. The van der Waals surface area contributed by atoms with Gasteiger partial charge in [0.2, 0.25) is 0 Å². The van der Waals surface area contributed by atoms with Crippen LogP contribution < -0.4 is 10.2 Å². The van der Waals surface area contributed by atoms with Crippen LogP contribution >= 0.6 is 15.9 Å². The molecule has 1 aromatic heterocycles. The number of nitrogens with one attached hydrogen (secondary N) is 1. The van der Waals surface area contributed by atoms with Crippen LogP contribution in [0.3, 0.4) is 0 Å². The van der Waals surface area contributed by atoms with E-state index in [-0.39, 0.29) is 0 Å². The van der Waals surface area contributed by atoms with E-state index < -0.39 is 0 Å². The normalized spacial score (nSPS) is 14.3. The lowest BCUT2D eigenvalue weighted by Crippen LogP contribution is -2.36. The maximum absolute atomic E-state index is 5.41. The maximum atomic E-state index is 5.41. The third-order valence-corrected chi connectivity index (χ3v) is 5.11. The molecule has 5 heteroatoms. The Labute approximate surface area is 162 Å². The highest BCUT2D eigenvalue weighted by Gasteiger charge is 2.11. The van der Waals surface area contributed by atoms with Gasteiger partial charge in [0.1, 0.15) is 5.82 Å². The minimum atomic E-state index is 0.797. The molecule has 1 N–H and O–H groups in total. The molecule has 0 saturated carbocycles. The minimum absolute atomic E-state index is 0.797. The molecule has 1 fully saturated rings. The van der Waals surface area contributed by atoms with Crippen molar-refractivity contribution >= 4 is 33.1 Å². The van der Waals surface area contributed by atoms with Gasteiger partial charge in [0.15, 0.2) is 0 Å². The minimum Gasteiger partial charge on any atom is -0.378 e. The smallest absolute Gasteiger partial charge is 0.131 e. The van der Waals surface area contributed by atoms with Gasteiger partial charge >= 0.3 is 0 Å². The zero-order valence-corrected chi connectivity index (χ0v) is 15.9. The SMILES string of the molecule is Brc1ccccc1-c1cccc(Nc2ccc(N3CCOCC3)cc2)n1. The van der Waals surface area contributed by atoms with Crippen LogP contribution in [0.25, 0.3) is 11.3 Å². The summed E-state index contributed by atoms with van der Waals surface area (Å²) in [5.74, 6) is 0.831. The summed E-state index contributed by atoms with van der Waals surface area (Å²) in [5, 5.41) is 3.39. The van der Waals surface area contributed by atoms with E-state index in [0.717, 1.165) is 53.5 Å².